The predicted octanol–water partition coefficient (Wildman–Crippen LogP) is 5.13. The highest BCUT2D eigenvalue weighted by Gasteiger charge is 2.25. The number of carbonyl (C=O) groups excluding carboxylic acids is 1. The van der Waals surface area contributed by atoms with Gasteiger partial charge in [0.25, 0.3) is 5.91 Å². The van der Waals surface area contributed by atoms with Gasteiger partial charge in [-0.15, -0.1) is 11.8 Å². The van der Waals surface area contributed by atoms with Gasteiger partial charge in [-0.05, 0) is 29.7 Å². The van der Waals surface area contributed by atoms with E-state index in [0.29, 0.717) is 10.5 Å². The maximum absolute atomic E-state index is 14.1. The van der Waals surface area contributed by atoms with Gasteiger partial charge in [0, 0.05) is 27.7 Å². The molecule has 1 atom stereocenters. The first-order valence-electron chi connectivity index (χ1n) is 8.82. The first-order valence-corrected chi connectivity index (χ1v) is 11.8. The third kappa shape index (κ3) is 4.36. The molecular weight excluding hydrogens is 399 g/mol. The summed E-state index contributed by atoms with van der Waals surface area (Å²) < 4.78 is 15.2. The molecule has 0 radical (unpaired) electrons. The number of nitrogens with zero attached hydrogens (tertiary/aromatic N) is 1. The number of fused-ring (bicyclic) bond motifs is 1. The number of halogens is 1. The normalized spacial score (nSPS) is 18.7. The van der Waals surface area contributed by atoms with E-state index < -0.39 is 0 Å². The summed E-state index contributed by atoms with van der Waals surface area (Å²) in [5, 5.41) is 3.12. The van der Waals surface area contributed by atoms with Gasteiger partial charge < -0.3 is 5.32 Å². The van der Waals surface area contributed by atoms with E-state index in [2.05, 4.69) is 10.3 Å². The monoisotopic (exact) mass is 418 g/mol. The van der Waals surface area contributed by atoms with E-state index in [9.17, 15) is 9.18 Å². The molecule has 0 aliphatic carbocycles. The molecule has 27 heavy (non-hydrogen) atoms. The topological polar surface area (TPSA) is 41.5 Å². The van der Waals surface area contributed by atoms with Crippen LogP contribution in [0.4, 0.5) is 4.39 Å². The van der Waals surface area contributed by atoms with Crippen LogP contribution in [-0.2, 0) is 5.75 Å². The van der Waals surface area contributed by atoms with Crippen LogP contribution in [0.3, 0.4) is 0 Å². The molecule has 0 bridgehead atoms. The minimum atomic E-state index is -0.205. The quantitative estimate of drug-likeness (QED) is 0.747. The van der Waals surface area contributed by atoms with E-state index in [1.807, 2.05) is 30.3 Å². The van der Waals surface area contributed by atoms with Crippen molar-refractivity contribution >= 4 is 45.6 Å². The summed E-state index contributed by atoms with van der Waals surface area (Å²) in [6, 6.07) is 12.6. The van der Waals surface area contributed by atoms with Gasteiger partial charge in [-0.1, -0.05) is 53.9 Å². The molecule has 2 aromatic carbocycles. The Morgan fingerprint density at radius 2 is 2.07 bits per heavy atom. The molecule has 0 saturated heterocycles. The zero-order chi connectivity index (χ0) is 18.6. The number of carbonyl (C=O) groups is 1. The molecule has 2 aliphatic heterocycles. The summed E-state index contributed by atoms with van der Waals surface area (Å²) in [5.41, 5.74) is 2.56. The van der Waals surface area contributed by atoms with Crippen LogP contribution in [0, 0.1) is 5.82 Å². The first kappa shape index (κ1) is 18.9. The lowest BCUT2D eigenvalue weighted by Gasteiger charge is -2.26. The molecule has 2 aliphatic rings. The number of hydrogen-bond acceptors (Lipinski definition) is 5. The Bertz CT molecular complexity index is 887. The molecule has 0 aromatic heterocycles. The van der Waals surface area contributed by atoms with Gasteiger partial charge in [0.1, 0.15) is 10.2 Å². The zero-order valence-electron chi connectivity index (χ0n) is 14.6. The van der Waals surface area contributed by atoms with Gasteiger partial charge in [-0.2, -0.15) is 0 Å². The Labute approximate surface area is 171 Å². The van der Waals surface area contributed by atoms with Gasteiger partial charge >= 0.3 is 0 Å². The van der Waals surface area contributed by atoms with E-state index in [0.717, 1.165) is 45.7 Å². The van der Waals surface area contributed by atoms with Crippen molar-refractivity contribution in [1.82, 2.24) is 5.32 Å². The van der Waals surface area contributed by atoms with Crippen molar-refractivity contribution in [2.45, 2.75) is 23.1 Å². The number of thioether (sulfide) groups is 3. The number of hydrogen-bond donors (Lipinski definition) is 1. The molecule has 140 valence electrons. The van der Waals surface area contributed by atoms with Crippen molar-refractivity contribution < 1.29 is 9.18 Å². The lowest BCUT2D eigenvalue weighted by Crippen LogP contribution is -2.31. The largest absolute Gasteiger partial charge is 0.345 e. The van der Waals surface area contributed by atoms with Gasteiger partial charge in [0.05, 0.1) is 12.6 Å². The second-order valence-electron chi connectivity index (χ2n) is 6.26. The Morgan fingerprint density at radius 1 is 1.19 bits per heavy atom. The Kier molecular flexibility index (Phi) is 6.10. The molecule has 0 spiro atoms. The molecule has 0 saturated carbocycles. The predicted molar refractivity (Wildman–Crippen MR) is 114 cm³/mol. The second-order valence-corrected chi connectivity index (χ2v) is 9.67. The summed E-state index contributed by atoms with van der Waals surface area (Å²) in [6.07, 6.45) is 0.803. The molecule has 1 N–H and O–H groups in total. The van der Waals surface area contributed by atoms with Crippen molar-refractivity contribution in [3.05, 3.63) is 65.0 Å². The van der Waals surface area contributed by atoms with Gasteiger partial charge in [-0.25, -0.2) is 4.39 Å². The molecule has 7 heteroatoms. The van der Waals surface area contributed by atoms with Crippen molar-refractivity contribution in [3.63, 3.8) is 0 Å². The lowest BCUT2D eigenvalue weighted by atomic mass is 10.0. The highest BCUT2D eigenvalue weighted by molar-refractivity contribution is 8.38. The van der Waals surface area contributed by atoms with Crippen molar-refractivity contribution in [3.8, 4) is 0 Å². The summed E-state index contributed by atoms with van der Waals surface area (Å²) >= 11 is 4.98. The van der Waals surface area contributed by atoms with Gasteiger partial charge in [-0.3, -0.25) is 9.79 Å². The molecule has 2 aromatic rings. The average molecular weight is 419 g/mol. The van der Waals surface area contributed by atoms with Crippen LogP contribution in [0.2, 0.25) is 0 Å². The van der Waals surface area contributed by atoms with E-state index in [-0.39, 0.29) is 17.8 Å². The summed E-state index contributed by atoms with van der Waals surface area (Å²) in [6.45, 7) is 0.880. The van der Waals surface area contributed by atoms with Gasteiger partial charge in [0.2, 0.25) is 0 Å². The van der Waals surface area contributed by atoms with Crippen LogP contribution in [0.25, 0.3) is 0 Å². The number of amides is 1. The Morgan fingerprint density at radius 3 is 2.93 bits per heavy atom. The van der Waals surface area contributed by atoms with Crippen LogP contribution in [0.5, 0.6) is 0 Å². The average Bonchev–Trinajstić information content (AvgIpc) is 3.21. The molecule has 2 heterocycles. The number of rotatable bonds is 4. The van der Waals surface area contributed by atoms with Crippen LogP contribution < -0.4 is 5.32 Å². The van der Waals surface area contributed by atoms with Gasteiger partial charge in [0.15, 0.2) is 0 Å². The highest BCUT2D eigenvalue weighted by Crippen LogP contribution is 2.38. The minimum Gasteiger partial charge on any atom is -0.345 e. The molecule has 4 rings (SSSR count). The Balaban J connectivity index is 1.50. The molecule has 3 nitrogen and oxygen atoms in total. The second kappa shape index (κ2) is 8.71. The van der Waals surface area contributed by atoms with Crippen molar-refractivity contribution in [2.24, 2.45) is 4.99 Å². The van der Waals surface area contributed by atoms with Crippen molar-refractivity contribution in [2.75, 3.05) is 18.1 Å². The van der Waals surface area contributed by atoms with Crippen LogP contribution >= 0.6 is 35.3 Å². The maximum Gasteiger partial charge on any atom is 0.252 e. The highest BCUT2D eigenvalue weighted by atomic mass is 32.2. The third-order valence-corrected chi connectivity index (χ3v) is 7.96. The van der Waals surface area contributed by atoms with E-state index in [4.69, 9.17) is 0 Å². The third-order valence-electron chi connectivity index (χ3n) is 4.50. The van der Waals surface area contributed by atoms with Crippen LogP contribution in [-0.4, -0.2) is 28.3 Å². The van der Waals surface area contributed by atoms with Crippen molar-refractivity contribution in [1.29, 1.82) is 0 Å². The summed E-state index contributed by atoms with van der Waals surface area (Å²) in [7, 11) is 0. The summed E-state index contributed by atoms with van der Waals surface area (Å²) in [4.78, 5) is 18.1. The van der Waals surface area contributed by atoms with Crippen LogP contribution in [0.1, 0.15) is 33.9 Å². The van der Waals surface area contributed by atoms with E-state index >= 15 is 0 Å². The molecular formula is C20H19FN2OS3. The van der Waals surface area contributed by atoms with E-state index in [1.165, 1.54) is 17.8 Å². The lowest BCUT2D eigenvalue weighted by molar-refractivity contribution is 0.0934. The summed E-state index contributed by atoms with van der Waals surface area (Å²) in [5.74, 6) is 2.26. The van der Waals surface area contributed by atoms with E-state index in [1.54, 1.807) is 29.6 Å². The standard InChI is InChI=1S/C20H19FN2OS3/c21-16-7-3-6-15-17(8-10-25-18(15)16)23-19(24)14-5-2-1-4-13(14)12-27-20-22-9-11-26-20/h1-7,17H,8-12H2,(H,23,24). The smallest absolute Gasteiger partial charge is 0.252 e. The number of benzene rings is 2. The van der Waals surface area contributed by atoms with Crippen LogP contribution in [0.15, 0.2) is 52.4 Å². The zero-order valence-corrected chi connectivity index (χ0v) is 17.1. The first-order chi connectivity index (χ1) is 13.2. The number of aliphatic imine (C=N–C) groups is 1. The maximum atomic E-state index is 14.1. The fraction of sp³-hybridized carbons (Fsp3) is 0.300. The fourth-order valence-electron chi connectivity index (χ4n) is 3.18. The molecule has 1 unspecified atom stereocenters. The fourth-order valence-corrected chi connectivity index (χ4v) is 6.34. The SMILES string of the molecule is O=C(NC1CCSc2c(F)cccc21)c1ccccc1CSC1=NCCS1. The number of nitrogens with one attached hydrogen (secondary N) is 1. The minimum absolute atomic E-state index is 0.0978. The molecule has 1 amide bonds. The molecule has 0 fully saturated rings. The Hall–Kier alpha value is -1.44.